The number of primary amides is 1. The smallest absolute Gasteiger partial charge is 0.255 e. The van der Waals surface area contributed by atoms with E-state index in [9.17, 15) is 39.6 Å². The van der Waals surface area contributed by atoms with Crippen molar-refractivity contribution in [1.82, 2.24) is 4.90 Å². The number of aromatic hydroxyl groups is 1. The molecule has 4 rings (SSSR count). The molecule has 1 saturated carbocycles. The summed E-state index contributed by atoms with van der Waals surface area (Å²) in [5, 5.41) is 44.1. The van der Waals surface area contributed by atoms with Gasteiger partial charge in [-0.1, -0.05) is 11.6 Å². The van der Waals surface area contributed by atoms with Crippen LogP contribution in [0, 0.1) is 17.8 Å². The first kappa shape index (κ1) is 23.4. The molecule has 1 aromatic rings. The number of carbonyl (C=O) groups is 4. The van der Waals surface area contributed by atoms with Crippen LogP contribution >= 0.6 is 11.6 Å². The fraction of sp³-hybridized carbons (Fsp3) is 0.455. The molecule has 3 aliphatic carbocycles. The van der Waals surface area contributed by atoms with Crippen LogP contribution in [0.5, 0.6) is 5.75 Å². The Kier molecular flexibility index (Phi) is 5.03. The lowest BCUT2D eigenvalue weighted by atomic mass is 9.51. The molecule has 6 N–H and O–H groups in total. The van der Waals surface area contributed by atoms with Gasteiger partial charge in [0.15, 0.2) is 23.0 Å². The SMILES string of the molecule is CN(C)[C@H]1C(=O)C(C(N)=O)=C(O)[C@@]2(O)C(=O)C3C(=O)c4c(O)ccc(Cl)c4[C@@](C)(O)[C@@H]3C[C@H]12. The van der Waals surface area contributed by atoms with Crippen molar-refractivity contribution in [2.45, 2.75) is 30.6 Å². The molecule has 1 amide bonds. The molecular weight excluding hydrogens is 456 g/mol. The summed E-state index contributed by atoms with van der Waals surface area (Å²) >= 11 is 6.26. The maximum absolute atomic E-state index is 13.7. The summed E-state index contributed by atoms with van der Waals surface area (Å²) < 4.78 is 0. The predicted octanol–water partition coefficient (Wildman–Crippen LogP) is -0.188. The van der Waals surface area contributed by atoms with E-state index in [2.05, 4.69) is 0 Å². The number of amides is 1. The van der Waals surface area contributed by atoms with Crippen molar-refractivity contribution in [1.29, 1.82) is 0 Å². The summed E-state index contributed by atoms with van der Waals surface area (Å²) in [6.45, 7) is 1.33. The number of phenolic OH excluding ortho intramolecular Hbond substituents is 1. The number of likely N-dealkylation sites (N-methyl/N-ethyl adjacent to an activating group) is 1. The van der Waals surface area contributed by atoms with Crippen LogP contribution in [-0.2, 0) is 20.0 Å². The van der Waals surface area contributed by atoms with Gasteiger partial charge in [-0.05, 0) is 39.6 Å². The van der Waals surface area contributed by atoms with E-state index in [4.69, 9.17) is 17.3 Å². The van der Waals surface area contributed by atoms with Crippen molar-refractivity contribution in [2.24, 2.45) is 23.5 Å². The van der Waals surface area contributed by atoms with E-state index >= 15 is 0 Å². The molecule has 33 heavy (non-hydrogen) atoms. The van der Waals surface area contributed by atoms with Gasteiger partial charge in [-0.3, -0.25) is 24.1 Å². The van der Waals surface area contributed by atoms with Crippen LogP contribution in [0.15, 0.2) is 23.5 Å². The van der Waals surface area contributed by atoms with Crippen molar-refractivity contribution in [3.8, 4) is 5.75 Å². The molecule has 0 spiro atoms. The van der Waals surface area contributed by atoms with Gasteiger partial charge in [0.25, 0.3) is 5.91 Å². The van der Waals surface area contributed by atoms with Crippen LogP contribution in [0.25, 0.3) is 0 Å². The van der Waals surface area contributed by atoms with Crippen LogP contribution in [0.4, 0.5) is 0 Å². The van der Waals surface area contributed by atoms with Crippen LogP contribution in [-0.4, -0.2) is 74.3 Å². The molecule has 0 radical (unpaired) electrons. The number of ketones is 3. The summed E-state index contributed by atoms with van der Waals surface area (Å²) in [5.41, 5.74) is -0.772. The molecule has 0 aromatic heterocycles. The van der Waals surface area contributed by atoms with Gasteiger partial charge < -0.3 is 26.2 Å². The molecular formula is C22H23ClN2O8. The Bertz CT molecular complexity index is 1170. The fourth-order valence-corrected chi connectivity index (χ4v) is 6.16. The molecule has 0 aliphatic heterocycles. The summed E-state index contributed by atoms with van der Waals surface area (Å²) in [6, 6.07) is 1.19. The van der Waals surface area contributed by atoms with Gasteiger partial charge in [0.05, 0.1) is 23.1 Å². The lowest BCUT2D eigenvalue weighted by Gasteiger charge is -2.54. The third kappa shape index (κ3) is 2.78. The number of carbonyl (C=O) groups excluding carboxylic acids is 4. The fourth-order valence-electron chi connectivity index (χ4n) is 5.81. The number of nitrogens with zero attached hydrogens (tertiary/aromatic N) is 1. The third-order valence-electron chi connectivity index (χ3n) is 7.29. The van der Waals surface area contributed by atoms with Crippen molar-refractivity contribution >= 4 is 34.9 Å². The van der Waals surface area contributed by atoms with E-state index in [-0.39, 0.29) is 22.6 Å². The van der Waals surface area contributed by atoms with E-state index < -0.39 is 75.3 Å². The molecule has 11 heteroatoms. The monoisotopic (exact) mass is 478 g/mol. The molecule has 1 aromatic carbocycles. The second kappa shape index (κ2) is 7.10. The number of nitrogens with two attached hydrogens (primary N) is 1. The number of rotatable bonds is 2. The zero-order valence-corrected chi connectivity index (χ0v) is 18.8. The van der Waals surface area contributed by atoms with Crippen LogP contribution in [0.1, 0.15) is 29.3 Å². The van der Waals surface area contributed by atoms with Crippen molar-refractivity contribution in [2.75, 3.05) is 14.1 Å². The highest BCUT2D eigenvalue weighted by molar-refractivity contribution is 6.33. The Morgan fingerprint density at radius 2 is 1.73 bits per heavy atom. The van der Waals surface area contributed by atoms with Gasteiger partial charge in [0, 0.05) is 22.4 Å². The second-order valence-electron chi connectivity index (χ2n) is 9.25. The first-order valence-electron chi connectivity index (χ1n) is 10.2. The van der Waals surface area contributed by atoms with Crippen molar-refractivity contribution in [3.05, 3.63) is 39.6 Å². The number of phenols is 1. The molecule has 1 unspecified atom stereocenters. The van der Waals surface area contributed by atoms with E-state index in [1.54, 1.807) is 0 Å². The number of benzene rings is 1. The zero-order chi connectivity index (χ0) is 24.8. The maximum Gasteiger partial charge on any atom is 0.255 e. The van der Waals surface area contributed by atoms with E-state index in [0.29, 0.717) is 0 Å². The molecule has 176 valence electrons. The highest BCUT2D eigenvalue weighted by atomic mass is 35.5. The van der Waals surface area contributed by atoms with Gasteiger partial charge in [0.1, 0.15) is 17.1 Å². The minimum atomic E-state index is -2.79. The first-order valence-corrected chi connectivity index (χ1v) is 10.6. The largest absolute Gasteiger partial charge is 0.508 e. The quantitative estimate of drug-likeness (QED) is 0.284. The van der Waals surface area contributed by atoms with Gasteiger partial charge in [-0.15, -0.1) is 0 Å². The minimum absolute atomic E-state index is 0.00415. The molecule has 1 fully saturated rings. The first-order chi connectivity index (χ1) is 15.2. The topological polar surface area (TPSA) is 178 Å². The van der Waals surface area contributed by atoms with E-state index in [1.807, 2.05) is 0 Å². The lowest BCUT2D eigenvalue weighted by molar-refractivity contribution is -0.174. The Labute approximate surface area is 193 Å². The van der Waals surface area contributed by atoms with E-state index in [0.717, 1.165) is 6.07 Å². The standard InChI is InChI=1S/C22H23ClN2O8/c1-21(32)7-6-8-15(25(2)3)17(28)13(20(24)31)19(30)22(8,33)18(29)11(7)16(27)12-10(26)5-4-9(23)14(12)21/h4-5,7-8,11,15,26,30,32-33H,6H2,1-3H3,(H2,24,31)/t7-,8-,11?,15-,21+,22+/m1/s1. The average molecular weight is 479 g/mol. The molecule has 0 bridgehead atoms. The van der Waals surface area contributed by atoms with Gasteiger partial charge in [-0.2, -0.15) is 0 Å². The minimum Gasteiger partial charge on any atom is -0.508 e. The highest BCUT2D eigenvalue weighted by Gasteiger charge is 2.69. The molecule has 0 heterocycles. The predicted molar refractivity (Wildman–Crippen MR) is 113 cm³/mol. The molecule has 3 aliphatic rings. The number of halogens is 1. The Morgan fingerprint density at radius 3 is 2.27 bits per heavy atom. The molecule has 10 nitrogen and oxygen atoms in total. The van der Waals surface area contributed by atoms with Crippen LogP contribution in [0.2, 0.25) is 5.02 Å². The number of hydrogen-bond donors (Lipinski definition) is 5. The number of hydrogen-bond acceptors (Lipinski definition) is 9. The highest BCUT2D eigenvalue weighted by Crippen LogP contribution is 2.57. The summed E-state index contributed by atoms with van der Waals surface area (Å²) in [5.74, 6) is -10.2. The van der Waals surface area contributed by atoms with Crippen molar-refractivity contribution in [3.63, 3.8) is 0 Å². The van der Waals surface area contributed by atoms with Gasteiger partial charge in [-0.25, -0.2) is 0 Å². The van der Waals surface area contributed by atoms with E-state index in [1.165, 1.54) is 32.0 Å². The number of aliphatic hydroxyl groups excluding tert-OH is 1. The zero-order valence-electron chi connectivity index (χ0n) is 18.0. The Hall–Kier alpha value is -2.79. The van der Waals surface area contributed by atoms with Crippen LogP contribution < -0.4 is 5.73 Å². The average Bonchev–Trinajstić information content (AvgIpc) is 2.69. The van der Waals surface area contributed by atoms with Crippen molar-refractivity contribution < 1.29 is 39.6 Å². The van der Waals surface area contributed by atoms with Gasteiger partial charge in [0.2, 0.25) is 0 Å². The lowest BCUT2D eigenvalue weighted by Crippen LogP contribution is -2.69. The normalized spacial score (nSPS) is 35.9. The Balaban J connectivity index is 2.01. The number of aliphatic hydroxyl groups is 3. The molecule has 6 atom stereocenters. The molecule has 0 saturated heterocycles. The van der Waals surface area contributed by atoms with Crippen LogP contribution in [0.3, 0.4) is 0 Å². The summed E-state index contributed by atoms with van der Waals surface area (Å²) in [6.07, 6.45) is -0.262. The number of Topliss-reactive ketones (excluding diaryl/α,β-unsaturated/α-hetero) is 3. The third-order valence-corrected chi connectivity index (χ3v) is 7.61. The maximum atomic E-state index is 13.7. The number of fused-ring (bicyclic) bond motifs is 3. The Morgan fingerprint density at radius 1 is 1.12 bits per heavy atom. The second-order valence-corrected chi connectivity index (χ2v) is 9.65. The van der Waals surface area contributed by atoms with Gasteiger partial charge >= 0.3 is 0 Å². The summed E-state index contributed by atoms with van der Waals surface area (Å²) in [7, 11) is 2.96. The summed E-state index contributed by atoms with van der Waals surface area (Å²) in [4.78, 5) is 53.5.